The number of hydrogen-bond acceptors (Lipinski definition) is 3. The van der Waals surface area contributed by atoms with Crippen molar-refractivity contribution < 1.29 is 8.42 Å². The van der Waals surface area contributed by atoms with Gasteiger partial charge in [-0.25, -0.2) is 13.1 Å². The lowest BCUT2D eigenvalue weighted by molar-refractivity contribution is 0.581. The molecule has 1 aromatic heterocycles. The van der Waals surface area contributed by atoms with Gasteiger partial charge in [-0.1, -0.05) is 6.92 Å². The molecule has 2 rings (SSSR count). The van der Waals surface area contributed by atoms with Crippen molar-refractivity contribution in [3.63, 3.8) is 0 Å². The van der Waals surface area contributed by atoms with Crippen LogP contribution in [0.3, 0.4) is 0 Å². The second kappa shape index (κ2) is 5.90. The molecule has 6 heteroatoms. The highest BCUT2D eigenvalue weighted by molar-refractivity contribution is 7.89. The van der Waals surface area contributed by atoms with E-state index in [0.717, 1.165) is 12.1 Å². The first-order valence-corrected chi connectivity index (χ1v) is 7.60. The minimum atomic E-state index is -3.39. The summed E-state index contributed by atoms with van der Waals surface area (Å²) in [6.45, 7) is 2.37. The lowest BCUT2D eigenvalue weighted by Crippen LogP contribution is -2.24. The first-order valence-electron chi connectivity index (χ1n) is 6.11. The quantitative estimate of drug-likeness (QED) is 0.850. The predicted molar refractivity (Wildman–Crippen MR) is 75.4 cm³/mol. The van der Waals surface area contributed by atoms with Gasteiger partial charge in [-0.3, -0.25) is 10.1 Å². The molecule has 1 heterocycles. The van der Waals surface area contributed by atoms with Crippen molar-refractivity contribution in [3.05, 3.63) is 48.8 Å². The Balaban J connectivity index is 2.10. The van der Waals surface area contributed by atoms with Gasteiger partial charge in [0.2, 0.25) is 10.0 Å². The van der Waals surface area contributed by atoms with Crippen LogP contribution in [0, 0.1) is 0 Å². The summed E-state index contributed by atoms with van der Waals surface area (Å²) < 4.78 is 28.1. The van der Waals surface area contributed by atoms with E-state index in [-0.39, 0.29) is 4.90 Å². The molecular weight excluding hydrogens is 262 g/mol. The van der Waals surface area contributed by atoms with Gasteiger partial charge in [-0.05, 0) is 42.8 Å². The zero-order valence-corrected chi connectivity index (χ0v) is 11.5. The highest BCUT2D eigenvalue weighted by Gasteiger charge is 2.12. The number of nitrogens with zero attached hydrogens (tertiary/aromatic N) is 1. The number of hydrogen-bond donors (Lipinski definition) is 2. The van der Waals surface area contributed by atoms with Crippen LogP contribution in [0.4, 0.5) is 5.69 Å². The molecule has 0 amide bonds. The number of anilines is 1. The Labute approximate surface area is 113 Å². The molecule has 102 valence electrons. The summed E-state index contributed by atoms with van der Waals surface area (Å²) in [4.78, 5) is 0.277. The molecule has 0 spiro atoms. The van der Waals surface area contributed by atoms with E-state index in [9.17, 15) is 8.42 Å². The molecule has 0 aliphatic carbocycles. The highest BCUT2D eigenvalue weighted by atomic mass is 32.2. The third kappa shape index (κ3) is 3.59. The Hall–Kier alpha value is -1.79. The van der Waals surface area contributed by atoms with E-state index in [1.165, 1.54) is 0 Å². The maximum Gasteiger partial charge on any atom is 0.240 e. The molecule has 0 unspecified atom stereocenters. The average Bonchev–Trinajstić information content (AvgIpc) is 2.90. The Bertz CT molecular complexity index is 604. The van der Waals surface area contributed by atoms with E-state index in [2.05, 4.69) is 10.1 Å². The third-order valence-electron chi connectivity index (χ3n) is 2.57. The molecule has 0 saturated carbocycles. The van der Waals surface area contributed by atoms with Crippen LogP contribution in [-0.2, 0) is 10.0 Å². The summed E-state index contributed by atoms with van der Waals surface area (Å²) in [7, 11) is -3.39. The number of sulfonamides is 1. The maximum absolute atomic E-state index is 11.9. The van der Waals surface area contributed by atoms with Gasteiger partial charge >= 0.3 is 0 Å². The number of aromatic nitrogens is 1. The SMILES string of the molecule is CCCNS(=O)(=O)c1ccc(Nn2cccc2)cc1. The van der Waals surface area contributed by atoms with E-state index in [1.807, 2.05) is 31.5 Å². The summed E-state index contributed by atoms with van der Waals surface area (Å²) in [6.07, 6.45) is 4.51. The number of rotatable bonds is 6. The number of benzene rings is 1. The Kier molecular flexibility index (Phi) is 4.24. The first kappa shape index (κ1) is 13.6. The van der Waals surface area contributed by atoms with Crippen LogP contribution in [-0.4, -0.2) is 19.6 Å². The fourth-order valence-electron chi connectivity index (χ4n) is 1.59. The van der Waals surface area contributed by atoms with E-state index in [1.54, 1.807) is 28.9 Å². The van der Waals surface area contributed by atoms with Gasteiger partial charge in [0.05, 0.1) is 10.6 Å². The van der Waals surface area contributed by atoms with Crippen molar-refractivity contribution in [2.45, 2.75) is 18.2 Å². The van der Waals surface area contributed by atoms with Crippen molar-refractivity contribution in [2.24, 2.45) is 0 Å². The lowest BCUT2D eigenvalue weighted by atomic mass is 10.3. The van der Waals surface area contributed by atoms with E-state index >= 15 is 0 Å². The highest BCUT2D eigenvalue weighted by Crippen LogP contribution is 2.14. The summed E-state index contributed by atoms with van der Waals surface area (Å²) in [5, 5.41) is 0. The topological polar surface area (TPSA) is 63.1 Å². The standard InChI is InChI=1S/C13H17N3O2S/c1-2-9-14-19(17,18)13-7-5-12(6-8-13)15-16-10-3-4-11-16/h3-8,10-11,14-15H,2,9H2,1H3. The smallest absolute Gasteiger partial charge is 0.240 e. The summed E-state index contributed by atoms with van der Waals surface area (Å²) in [6, 6.07) is 10.5. The molecule has 1 aromatic carbocycles. The van der Waals surface area contributed by atoms with E-state index in [0.29, 0.717) is 6.54 Å². The summed E-state index contributed by atoms with van der Waals surface area (Å²) in [5.41, 5.74) is 3.93. The second-order valence-electron chi connectivity index (χ2n) is 4.12. The van der Waals surface area contributed by atoms with Gasteiger partial charge in [0, 0.05) is 18.9 Å². The van der Waals surface area contributed by atoms with Crippen LogP contribution in [0.2, 0.25) is 0 Å². The third-order valence-corrected chi connectivity index (χ3v) is 4.05. The zero-order valence-electron chi connectivity index (χ0n) is 10.7. The molecule has 0 fully saturated rings. The second-order valence-corrected chi connectivity index (χ2v) is 5.89. The van der Waals surface area contributed by atoms with Gasteiger partial charge in [-0.15, -0.1) is 0 Å². The van der Waals surface area contributed by atoms with Crippen molar-refractivity contribution in [3.8, 4) is 0 Å². The van der Waals surface area contributed by atoms with Gasteiger partial charge in [0.25, 0.3) is 0 Å². The molecule has 0 saturated heterocycles. The van der Waals surface area contributed by atoms with E-state index < -0.39 is 10.0 Å². The average molecular weight is 279 g/mol. The molecule has 0 aliphatic rings. The molecule has 0 bridgehead atoms. The molecule has 2 aromatic rings. The summed E-state index contributed by atoms with van der Waals surface area (Å²) >= 11 is 0. The van der Waals surface area contributed by atoms with Crippen molar-refractivity contribution in [1.29, 1.82) is 0 Å². The molecule has 2 N–H and O–H groups in total. The van der Waals surface area contributed by atoms with Crippen molar-refractivity contribution in [1.82, 2.24) is 9.40 Å². The maximum atomic E-state index is 11.9. The fourth-order valence-corrected chi connectivity index (χ4v) is 2.72. The predicted octanol–water partition coefficient (Wildman–Crippen LogP) is 2.05. The van der Waals surface area contributed by atoms with Crippen molar-refractivity contribution in [2.75, 3.05) is 12.0 Å². The minimum Gasteiger partial charge on any atom is -0.295 e. The zero-order chi connectivity index (χ0) is 13.7. The molecule has 0 aliphatic heterocycles. The minimum absolute atomic E-state index is 0.277. The van der Waals surface area contributed by atoms with Crippen molar-refractivity contribution >= 4 is 15.7 Å². The molecule has 5 nitrogen and oxygen atoms in total. The van der Waals surface area contributed by atoms with Crippen LogP contribution >= 0.6 is 0 Å². The van der Waals surface area contributed by atoms with Crippen LogP contribution < -0.4 is 10.1 Å². The Morgan fingerprint density at radius 3 is 2.32 bits per heavy atom. The normalized spacial score (nSPS) is 11.4. The van der Waals surface area contributed by atoms with Gasteiger partial charge in [0.1, 0.15) is 0 Å². The number of nitrogens with one attached hydrogen (secondary N) is 2. The van der Waals surface area contributed by atoms with Crippen LogP contribution in [0.15, 0.2) is 53.7 Å². The lowest BCUT2D eigenvalue weighted by Gasteiger charge is -2.09. The first-order chi connectivity index (χ1) is 9.12. The van der Waals surface area contributed by atoms with Gasteiger partial charge < -0.3 is 0 Å². The molecule has 0 radical (unpaired) electrons. The monoisotopic (exact) mass is 279 g/mol. The fraction of sp³-hybridized carbons (Fsp3) is 0.231. The van der Waals surface area contributed by atoms with Gasteiger partial charge in [0.15, 0.2) is 0 Å². The van der Waals surface area contributed by atoms with Crippen LogP contribution in [0.5, 0.6) is 0 Å². The Morgan fingerprint density at radius 2 is 1.74 bits per heavy atom. The van der Waals surface area contributed by atoms with Crippen LogP contribution in [0.1, 0.15) is 13.3 Å². The Morgan fingerprint density at radius 1 is 1.11 bits per heavy atom. The molecule has 19 heavy (non-hydrogen) atoms. The van der Waals surface area contributed by atoms with Crippen LogP contribution in [0.25, 0.3) is 0 Å². The molecular formula is C13H17N3O2S. The summed E-state index contributed by atoms with van der Waals surface area (Å²) in [5.74, 6) is 0. The van der Waals surface area contributed by atoms with E-state index in [4.69, 9.17) is 0 Å². The van der Waals surface area contributed by atoms with Gasteiger partial charge in [-0.2, -0.15) is 0 Å². The largest absolute Gasteiger partial charge is 0.295 e. The molecule has 0 atom stereocenters.